The smallest absolute Gasteiger partial charge is 0.425 e. The molecule has 276 valence electrons. The number of benzene rings is 3. The fraction of sp³-hybridized carbons (Fsp3) is 0.359. The minimum atomic E-state index is -1.08. The van der Waals surface area contributed by atoms with Gasteiger partial charge < -0.3 is 35.8 Å². The molecule has 0 saturated heterocycles. The number of rotatable bonds is 11. The molecular formula is C39H48N6O7. The summed E-state index contributed by atoms with van der Waals surface area (Å²) < 4.78 is 11.0. The van der Waals surface area contributed by atoms with E-state index in [-0.39, 0.29) is 11.8 Å². The molecule has 0 spiro atoms. The highest BCUT2D eigenvalue weighted by Gasteiger charge is 2.34. The lowest BCUT2D eigenvalue weighted by atomic mass is 10.0. The Hall–Kier alpha value is -5.69. The van der Waals surface area contributed by atoms with Crippen molar-refractivity contribution >= 4 is 52.2 Å². The normalized spacial score (nSPS) is 12.1. The summed E-state index contributed by atoms with van der Waals surface area (Å²) >= 11 is 0. The van der Waals surface area contributed by atoms with Crippen LogP contribution in [0.2, 0.25) is 0 Å². The van der Waals surface area contributed by atoms with Crippen molar-refractivity contribution < 1.29 is 33.8 Å². The van der Waals surface area contributed by atoms with Crippen LogP contribution in [0, 0.1) is 0 Å². The first kappa shape index (κ1) is 39.1. The van der Waals surface area contributed by atoms with Gasteiger partial charge in [0.25, 0.3) is 0 Å². The van der Waals surface area contributed by atoms with E-state index < -0.39 is 35.4 Å². The minimum absolute atomic E-state index is 0.0158. The van der Waals surface area contributed by atoms with E-state index in [4.69, 9.17) is 15.2 Å². The van der Waals surface area contributed by atoms with Crippen LogP contribution in [0.4, 0.5) is 31.6 Å². The number of imide groups is 1. The second-order valence-electron chi connectivity index (χ2n) is 14.4. The topological polar surface area (TPSA) is 176 Å². The molecule has 13 heteroatoms. The van der Waals surface area contributed by atoms with Crippen molar-refractivity contribution in [1.29, 1.82) is 0 Å². The zero-order valence-corrected chi connectivity index (χ0v) is 30.7. The third kappa shape index (κ3) is 10.9. The van der Waals surface area contributed by atoms with Crippen LogP contribution in [0.15, 0.2) is 79.0 Å². The van der Waals surface area contributed by atoms with Gasteiger partial charge in [0.15, 0.2) is 11.9 Å². The lowest BCUT2D eigenvalue weighted by Crippen LogP contribution is -2.44. The highest BCUT2D eigenvalue weighted by atomic mass is 16.6. The minimum Gasteiger partial charge on any atom is -0.479 e. The van der Waals surface area contributed by atoms with Gasteiger partial charge in [-0.3, -0.25) is 0 Å². The standard InChI is InChI=1S/C39H48N6O7/c1-38(2,3)51-36(49)45(37(50)52-39(4,5)6)33-31-18-17-30(23-28(31)19-20-41-33)42-32(34(46)47)27-15-13-25(14-16-27)11-9-21-44(7)35(48)43-29-12-8-10-26(22-29)24-40/h8,10,12-20,22-23,32,42H,9,11,21,24,40H2,1-7H3,(H,43,48)(H,46,47). The Kier molecular flexibility index (Phi) is 12.4. The number of nitrogens with zero attached hydrogens (tertiary/aromatic N) is 3. The summed E-state index contributed by atoms with van der Waals surface area (Å²) in [6.45, 7) is 11.0. The monoisotopic (exact) mass is 712 g/mol. The van der Waals surface area contributed by atoms with Crippen molar-refractivity contribution in [3.63, 3.8) is 0 Å². The molecule has 4 rings (SSSR count). The maximum atomic E-state index is 13.3. The van der Waals surface area contributed by atoms with Gasteiger partial charge in [-0.2, -0.15) is 4.90 Å². The molecule has 0 fully saturated rings. The first-order valence-corrected chi connectivity index (χ1v) is 17.0. The van der Waals surface area contributed by atoms with E-state index >= 15 is 0 Å². The largest absolute Gasteiger partial charge is 0.479 e. The molecule has 0 radical (unpaired) electrons. The SMILES string of the molecule is CN(CCCc1ccc(C(Nc2ccc3c(N(C(=O)OC(C)(C)C)C(=O)OC(C)(C)C)nccc3c2)C(=O)O)cc1)C(=O)Nc1cccc(CN)c1. The van der Waals surface area contributed by atoms with E-state index in [1.165, 1.54) is 6.20 Å². The molecule has 0 saturated carbocycles. The number of anilines is 3. The van der Waals surface area contributed by atoms with E-state index in [2.05, 4.69) is 15.6 Å². The maximum Gasteiger partial charge on any atom is 0.425 e. The quantitative estimate of drug-likeness (QED) is 0.120. The predicted molar refractivity (Wildman–Crippen MR) is 201 cm³/mol. The number of fused-ring (bicyclic) bond motifs is 1. The molecule has 4 aromatic rings. The molecule has 1 unspecified atom stereocenters. The van der Waals surface area contributed by atoms with Crippen molar-refractivity contribution in [2.24, 2.45) is 5.73 Å². The van der Waals surface area contributed by atoms with Gasteiger partial charge in [0.1, 0.15) is 11.2 Å². The number of aliphatic carboxylic acids is 1. The first-order chi connectivity index (χ1) is 24.4. The second-order valence-corrected chi connectivity index (χ2v) is 14.4. The first-order valence-electron chi connectivity index (χ1n) is 17.0. The molecule has 1 atom stereocenters. The molecule has 0 bridgehead atoms. The molecule has 4 amide bonds. The summed E-state index contributed by atoms with van der Waals surface area (Å²) in [6, 6.07) is 20.1. The molecule has 13 nitrogen and oxygen atoms in total. The Bertz CT molecular complexity index is 1870. The van der Waals surface area contributed by atoms with Gasteiger partial charge in [-0.25, -0.2) is 24.2 Å². The molecule has 3 aromatic carbocycles. The van der Waals surface area contributed by atoms with Crippen LogP contribution in [0.1, 0.15) is 70.7 Å². The third-order valence-electron chi connectivity index (χ3n) is 7.70. The molecular weight excluding hydrogens is 664 g/mol. The van der Waals surface area contributed by atoms with Gasteiger partial charge in [0.2, 0.25) is 0 Å². The molecule has 5 N–H and O–H groups in total. The fourth-order valence-corrected chi connectivity index (χ4v) is 5.24. The van der Waals surface area contributed by atoms with Gasteiger partial charge in [-0.1, -0.05) is 36.4 Å². The molecule has 1 aromatic heterocycles. The Balaban J connectivity index is 1.45. The summed E-state index contributed by atoms with van der Waals surface area (Å²) in [5.74, 6) is -1.06. The van der Waals surface area contributed by atoms with Gasteiger partial charge in [-0.15, -0.1) is 0 Å². The van der Waals surface area contributed by atoms with Crippen LogP contribution in [-0.4, -0.2) is 64.0 Å². The number of aryl methyl sites for hydroxylation is 1. The molecule has 0 aliphatic carbocycles. The summed E-state index contributed by atoms with van der Waals surface area (Å²) in [7, 11) is 1.73. The van der Waals surface area contributed by atoms with Gasteiger partial charge in [-0.05, 0) is 113 Å². The summed E-state index contributed by atoms with van der Waals surface area (Å²) in [6.07, 6.45) is 0.958. The van der Waals surface area contributed by atoms with Gasteiger partial charge in [0.05, 0.1) is 0 Å². The average Bonchev–Trinajstić information content (AvgIpc) is 3.06. The molecule has 0 aliphatic heterocycles. The van der Waals surface area contributed by atoms with E-state index in [0.717, 1.165) is 16.0 Å². The van der Waals surface area contributed by atoms with E-state index in [1.807, 2.05) is 36.4 Å². The highest BCUT2D eigenvalue weighted by Crippen LogP contribution is 2.31. The van der Waals surface area contributed by atoms with Crippen molar-refractivity contribution in [2.75, 3.05) is 29.1 Å². The number of hydrogen-bond donors (Lipinski definition) is 4. The Morgan fingerprint density at radius 3 is 2.10 bits per heavy atom. The number of nitrogens with two attached hydrogens (primary N) is 1. The number of carbonyl (C=O) groups is 4. The molecule has 1 heterocycles. The van der Waals surface area contributed by atoms with E-state index in [9.17, 15) is 24.3 Å². The van der Waals surface area contributed by atoms with Crippen molar-refractivity contribution in [3.8, 4) is 0 Å². The van der Waals surface area contributed by atoms with E-state index in [0.29, 0.717) is 53.6 Å². The summed E-state index contributed by atoms with van der Waals surface area (Å²) in [5, 5.41) is 17.2. The van der Waals surface area contributed by atoms with Crippen LogP contribution in [-0.2, 0) is 27.2 Å². The van der Waals surface area contributed by atoms with Crippen molar-refractivity contribution in [2.45, 2.75) is 78.2 Å². The number of carboxylic acids is 1. The number of aromatic nitrogens is 1. The number of pyridine rings is 1. The van der Waals surface area contributed by atoms with Crippen molar-refractivity contribution in [1.82, 2.24) is 9.88 Å². The van der Waals surface area contributed by atoms with Crippen LogP contribution >= 0.6 is 0 Å². The zero-order valence-electron chi connectivity index (χ0n) is 30.7. The highest BCUT2D eigenvalue weighted by molar-refractivity contribution is 6.14. The van der Waals surface area contributed by atoms with Crippen LogP contribution in [0.25, 0.3) is 10.8 Å². The third-order valence-corrected chi connectivity index (χ3v) is 7.70. The fourth-order valence-electron chi connectivity index (χ4n) is 5.24. The average molecular weight is 713 g/mol. The maximum absolute atomic E-state index is 13.3. The molecule has 0 aliphatic rings. The number of hydrogen-bond acceptors (Lipinski definition) is 9. The lowest BCUT2D eigenvalue weighted by Gasteiger charge is -2.28. The second kappa shape index (κ2) is 16.6. The summed E-state index contributed by atoms with van der Waals surface area (Å²) in [5.41, 5.74) is 7.57. The summed E-state index contributed by atoms with van der Waals surface area (Å²) in [4.78, 5) is 58.3. The van der Waals surface area contributed by atoms with E-state index in [1.54, 1.807) is 89.9 Å². The Morgan fingerprint density at radius 1 is 0.846 bits per heavy atom. The van der Waals surface area contributed by atoms with Crippen LogP contribution < -0.4 is 21.3 Å². The predicted octanol–water partition coefficient (Wildman–Crippen LogP) is 7.70. The molecule has 52 heavy (non-hydrogen) atoms. The number of carbonyl (C=O) groups excluding carboxylic acids is 3. The number of ether oxygens (including phenoxy) is 2. The van der Waals surface area contributed by atoms with Gasteiger partial charge in [0, 0.05) is 43.1 Å². The number of nitrogens with one attached hydrogen (secondary N) is 2. The van der Waals surface area contributed by atoms with Crippen LogP contribution in [0.5, 0.6) is 0 Å². The number of carboxylic acid groups (broad SMARTS) is 1. The number of urea groups is 1. The Morgan fingerprint density at radius 2 is 1.50 bits per heavy atom. The Labute approximate surface area is 304 Å². The number of amides is 4. The zero-order chi connectivity index (χ0) is 38.2. The van der Waals surface area contributed by atoms with Crippen LogP contribution in [0.3, 0.4) is 0 Å². The van der Waals surface area contributed by atoms with Crippen molar-refractivity contribution in [3.05, 3.63) is 95.7 Å². The lowest BCUT2D eigenvalue weighted by molar-refractivity contribution is -0.138. The van der Waals surface area contributed by atoms with Gasteiger partial charge >= 0.3 is 24.2 Å².